The van der Waals surface area contributed by atoms with E-state index in [1.54, 1.807) is 6.07 Å². The second kappa shape index (κ2) is 6.26. The molecule has 3 aromatic carbocycles. The zero-order valence-electron chi connectivity index (χ0n) is 16.0. The Bertz CT molecular complexity index is 1120. The van der Waals surface area contributed by atoms with Gasteiger partial charge in [0, 0.05) is 21.9 Å². The van der Waals surface area contributed by atoms with Crippen LogP contribution in [0.25, 0.3) is 10.8 Å². The molecule has 0 aromatic heterocycles. The summed E-state index contributed by atoms with van der Waals surface area (Å²) in [6, 6.07) is 13.2. The van der Waals surface area contributed by atoms with Gasteiger partial charge in [-0.3, -0.25) is 0 Å². The fraction of sp³-hybridized carbons (Fsp3) is 0.292. The predicted molar refractivity (Wildman–Crippen MR) is 108 cm³/mol. The monoisotopic (exact) mass is 374 g/mol. The van der Waals surface area contributed by atoms with E-state index >= 15 is 0 Å². The third-order valence-corrected chi connectivity index (χ3v) is 6.27. The molecule has 0 spiro atoms. The average Bonchev–Trinajstić information content (AvgIpc) is 3.29. The Kier molecular flexibility index (Phi) is 3.83. The van der Waals surface area contributed by atoms with E-state index in [2.05, 4.69) is 0 Å². The minimum Gasteiger partial charge on any atom is -0.507 e. The number of hydrogen-bond donors (Lipinski definition) is 1. The van der Waals surface area contributed by atoms with Gasteiger partial charge in [-0.1, -0.05) is 36.4 Å². The number of benzene rings is 3. The molecule has 2 aliphatic rings. The van der Waals surface area contributed by atoms with Crippen LogP contribution in [0, 0.1) is 13.8 Å². The van der Waals surface area contributed by atoms with E-state index in [1.165, 1.54) is 0 Å². The van der Waals surface area contributed by atoms with Gasteiger partial charge in [-0.15, -0.1) is 0 Å². The molecular weight excluding hydrogens is 352 g/mol. The highest BCUT2D eigenvalue weighted by molar-refractivity contribution is 6.00. The van der Waals surface area contributed by atoms with Crippen molar-refractivity contribution in [3.05, 3.63) is 64.7 Å². The number of aromatic hydroxyl groups is 1. The number of ether oxygens (including phenoxy) is 2. The lowest BCUT2D eigenvalue weighted by molar-refractivity contribution is 0.151. The van der Waals surface area contributed by atoms with Gasteiger partial charge in [0.2, 0.25) is 0 Å². The Morgan fingerprint density at radius 3 is 2.43 bits per heavy atom. The summed E-state index contributed by atoms with van der Waals surface area (Å²) in [5, 5.41) is 12.5. The summed E-state index contributed by atoms with van der Waals surface area (Å²) >= 11 is 0. The maximum Gasteiger partial charge on any atom is 0.519 e. The van der Waals surface area contributed by atoms with Crippen molar-refractivity contribution in [3.63, 3.8) is 0 Å². The molecule has 142 valence electrons. The number of para-hydroxylation sites is 1. The van der Waals surface area contributed by atoms with Crippen LogP contribution >= 0.6 is 0 Å². The van der Waals surface area contributed by atoms with E-state index in [9.17, 15) is 9.90 Å². The molecule has 1 N–H and O–H groups in total. The Labute approximate surface area is 163 Å². The molecule has 1 saturated carbocycles. The molecule has 2 unspecified atom stereocenters. The van der Waals surface area contributed by atoms with Crippen LogP contribution in [0.15, 0.2) is 42.5 Å². The molecule has 2 atom stereocenters. The first-order valence-electron chi connectivity index (χ1n) is 9.78. The zero-order chi connectivity index (χ0) is 19.4. The van der Waals surface area contributed by atoms with Gasteiger partial charge in [-0.05, 0) is 62.1 Å². The maximum absolute atomic E-state index is 12.7. The largest absolute Gasteiger partial charge is 0.519 e. The van der Waals surface area contributed by atoms with Gasteiger partial charge < -0.3 is 14.6 Å². The van der Waals surface area contributed by atoms with Crippen LogP contribution in [-0.2, 0) is 0 Å². The van der Waals surface area contributed by atoms with Gasteiger partial charge in [-0.25, -0.2) is 4.79 Å². The molecule has 2 bridgehead atoms. The van der Waals surface area contributed by atoms with E-state index in [0.29, 0.717) is 29.1 Å². The van der Waals surface area contributed by atoms with Crippen LogP contribution in [0.5, 0.6) is 17.2 Å². The molecule has 0 radical (unpaired) electrons. The summed E-state index contributed by atoms with van der Waals surface area (Å²) in [5.41, 5.74) is 3.80. The highest BCUT2D eigenvalue weighted by Crippen LogP contribution is 2.61. The minimum absolute atomic E-state index is 0.330. The third kappa shape index (κ3) is 2.48. The molecule has 2 aliphatic carbocycles. The molecule has 0 amide bonds. The first kappa shape index (κ1) is 17.1. The fourth-order valence-corrected chi connectivity index (χ4v) is 4.99. The molecule has 28 heavy (non-hydrogen) atoms. The van der Waals surface area contributed by atoms with E-state index in [0.717, 1.165) is 52.3 Å². The topological polar surface area (TPSA) is 55.8 Å². The number of phenols is 1. The Hall–Kier alpha value is -3.01. The van der Waals surface area contributed by atoms with Crippen LogP contribution in [0.1, 0.15) is 53.4 Å². The predicted octanol–water partition coefficient (Wildman–Crippen LogP) is 6.10. The van der Waals surface area contributed by atoms with Crippen LogP contribution in [-0.4, -0.2) is 11.3 Å². The van der Waals surface area contributed by atoms with Gasteiger partial charge in [-0.2, -0.15) is 0 Å². The van der Waals surface area contributed by atoms with Crippen molar-refractivity contribution in [3.8, 4) is 17.2 Å². The Balaban J connectivity index is 1.63. The minimum atomic E-state index is -0.741. The molecule has 0 saturated heterocycles. The highest BCUT2D eigenvalue weighted by Gasteiger charge is 2.43. The van der Waals surface area contributed by atoms with Gasteiger partial charge in [0.25, 0.3) is 0 Å². The summed E-state index contributed by atoms with van der Waals surface area (Å²) in [7, 11) is 0. The molecule has 0 aliphatic heterocycles. The van der Waals surface area contributed by atoms with Crippen molar-refractivity contribution < 1.29 is 19.4 Å². The number of phenolic OH excluding ortho intramolecular Hbond substituents is 1. The SMILES string of the molecule is Cc1ccccc1OC(=O)Oc1c2c(c(O)c3cccc(C)c13)C1CCC2C1. The van der Waals surface area contributed by atoms with E-state index in [4.69, 9.17) is 9.47 Å². The van der Waals surface area contributed by atoms with Crippen LogP contribution in [0.2, 0.25) is 0 Å². The summed E-state index contributed by atoms with van der Waals surface area (Å²) in [6.07, 6.45) is 2.42. The van der Waals surface area contributed by atoms with Crippen molar-refractivity contribution in [1.29, 1.82) is 0 Å². The molecule has 3 aromatic rings. The summed E-state index contributed by atoms with van der Waals surface area (Å²) in [6.45, 7) is 3.86. The van der Waals surface area contributed by atoms with E-state index < -0.39 is 6.16 Å². The Morgan fingerprint density at radius 2 is 1.64 bits per heavy atom. The number of carbonyl (C=O) groups excluding carboxylic acids is 1. The number of rotatable bonds is 2. The quantitative estimate of drug-likeness (QED) is 0.435. The maximum atomic E-state index is 12.7. The molecule has 4 nitrogen and oxygen atoms in total. The Morgan fingerprint density at radius 1 is 0.929 bits per heavy atom. The number of hydrogen-bond acceptors (Lipinski definition) is 4. The second-order valence-corrected chi connectivity index (χ2v) is 7.93. The van der Waals surface area contributed by atoms with Crippen molar-refractivity contribution >= 4 is 16.9 Å². The van der Waals surface area contributed by atoms with Gasteiger partial charge in [0.15, 0.2) is 0 Å². The lowest BCUT2D eigenvalue weighted by Crippen LogP contribution is -2.16. The standard InChI is InChI=1S/C24H22O4/c1-13-6-3-4-9-18(13)27-24(26)28-23-19-14(2)7-5-8-17(19)22(25)20-15-10-11-16(12-15)21(20)23/h3-9,15-16,25H,10-12H2,1-2H3. The van der Waals surface area contributed by atoms with Crippen molar-refractivity contribution in [2.24, 2.45) is 0 Å². The smallest absolute Gasteiger partial charge is 0.507 e. The van der Waals surface area contributed by atoms with Crippen molar-refractivity contribution in [1.82, 2.24) is 0 Å². The zero-order valence-corrected chi connectivity index (χ0v) is 16.0. The fourth-order valence-electron chi connectivity index (χ4n) is 4.99. The highest BCUT2D eigenvalue weighted by atomic mass is 16.7. The first-order chi connectivity index (χ1) is 13.5. The van der Waals surface area contributed by atoms with Gasteiger partial charge in [0.1, 0.15) is 17.2 Å². The molecule has 4 heteroatoms. The van der Waals surface area contributed by atoms with E-state index in [1.807, 2.05) is 50.2 Å². The third-order valence-electron chi connectivity index (χ3n) is 6.27. The van der Waals surface area contributed by atoms with Crippen molar-refractivity contribution in [2.45, 2.75) is 44.9 Å². The van der Waals surface area contributed by atoms with Gasteiger partial charge in [0.05, 0.1) is 0 Å². The van der Waals surface area contributed by atoms with Crippen LogP contribution in [0.3, 0.4) is 0 Å². The molecular formula is C24H22O4. The summed E-state index contributed by atoms with van der Waals surface area (Å²) in [4.78, 5) is 12.7. The lowest BCUT2D eigenvalue weighted by atomic mass is 9.86. The molecule has 5 rings (SSSR count). The van der Waals surface area contributed by atoms with E-state index in [-0.39, 0.29) is 0 Å². The van der Waals surface area contributed by atoms with Gasteiger partial charge >= 0.3 is 6.16 Å². The normalized spacial score (nSPS) is 19.6. The number of carbonyl (C=O) groups is 1. The molecule has 0 heterocycles. The summed E-state index contributed by atoms with van der Waals surface area (Å²) < 4.78 is 11.3. The summed E-state index contributed by atoms with van der Waals surface area (Å²) in [5.74, 6) is 2.08. The van der Waals surface area contributed by atoms with Crippen molar-refractivity contribution in [2.75, 3.05) is 0 Å². The van der Waals surface area contributed by atoms with Crippen LogP contribution < -0.4 is 9.47 Å². The van der Waals surface area contributed by atoms with Crippen LogP contribution in [0.4, 0.5) is 4.79 Å². The first-order valence-corrected chi connectivity index (χ1v) is 9.78. The lowest BCUT2D eigenvalue weighted by Gasteiger charge is -2.23. The molecule has 1 fully saturated rings. The average molecular weight is 374 g/mol. The number of fused-ring (bicyclic) bond motifs is 6. The second-order valence-electron chi connectivity index (χ2n) is 7.93. The number of aryl methyl sites for hydroxylation is 2.